The third-order valence-corrected chi connectivity index (χ3v) is 4.70. The summed E-state index contributed by atoms with van der Waals surface area (Å²) in [5, 5.41) is 0. The number of carbonyl (C=O) groups excluding carboxylic acids is 1. The van der Waals surface area contributed by atoms with Crippen LogP contribution < -0.4 is 4.90 Å². The van der Waals surface area contributed by atoms with Crippen molar-refractivity contribution in [3.63, 3.8) is 0 Å². The van der Waals surface area contributed by atoms with Crippen molar-refractivity contribution in [2.24, 2.45) is 0 Å². The smallest absolute Gasteiger partial charge is 0.347 e. The number of amides is 1. The van der Waals surface area contributed by atoms with Gasteiger partial charge >= 0.3 is 6.18 Å². The fraction of sp³-hybridized carbons (Fsp3) is 0.333. The first-order valence-corrected chi connectivity index (χ1v) is 8.69. The van der Waals surface area contributed by atoms with Crippen LogP contribution in [0.15, 0.2) is 36.8 Å². The van der Waals surface area contributed by atoms with Gasteiger partial charge in [-0.2, -0.15) is 13.2 Å². The van der Waals surface area contributed by atoms with Gasteiger partial charge in [0.05, 0.1) is 18.3 Å². The summed E-state index contributed by atoms with van der Waals surface area (Å²) >= 11 is 0. The predicted octanol–water partition coefficient (Wildman–Crippen LogP) is 2.48. The molecule has 146 valence electrons. The predicted molar refractivity (Wildman–Crippen MR) is 95.7 cm³/mol. The molecule has 28 heavy (non-hydrogen) atoms. The average molecular weight is 390 g/mol. The summed E-state index contributed by atoms with van der Waals surface area (Å²) in [6.45, 7) is 1.51. The van der Waals surface area contributed by atoms with Gasteiger partial charge in [-0.25, -0.2) is 15.0 Å². The number of alkyl halides is 3. The summed E-state index contributed by atoms with van der Waals surface area (Å²) in [6, 6.07) is 3.98. The maximum atomic E-state index is 13.1. The van der Waals surface area contributed by atoms with Gasteiger partial charge in [0, 0.05) is 32.5 Å². The lowest BCUT2D eigenvalue weighted by molar-refractivity contribution is -0.137. The van der Waals surface area contributed by atoms with Gasteiger partial charge < -0.3 is 9.80 Å². The van der Waals surface area contributed by atoms with Gasteiger partial charge in [0.1, 0.15) is 17.2 Å². The molecule has 4 heterocycles. The molecule has 1 saturated heterocycles. The topological polar surface area (TPSA) is 66.6 Å². The number of pyridine rings is 1. The van der Waals surface area contributed by atoms with Crippen LogP contribution in [-0.2, 0) is 11.0 Å². The van der Waals surface area contributed by atoms with Crippen LogP contribution in [0.2, 0.25) is 0 Å². The minimum atomic E-state index is -4.46. The Labute approximate surface area is 158 Å². The molecule has 1 aliphatic heterocycles. The van der Waals surface area contributed by atoms with Crippen LogP contribution in [-0.4, -0.2) is 56.8 Å². The molecule has 0 spiro atoms. The van der Waals surface area contributed by atoms with Crippen molar-refractivity contribution in [1.29, 1.82) is 0 Å². The van der Waals surface area contributed by atoms with E-state index in [9.17, 15) is 18.0 Å². The number of likely N-dealkylation sites (N-methyl/N-ethyl adjacent to an activating group) is 1. The summed E-state index contributed by atoms with van der Waals surface area (Å²) < 4.78 is 40.5. The van der Waals surface area contributed by atoms with Crippen molar-refractivity contribution < 1.29 is 18.0 Å². The summed E-state index contributed by atoms with van der Waals surface area (Å²) in [6.07, 6.45) is 0.292. The Kier molecular flexibility index (Phi) is 4.40. The molecular weight excluding hydrogens is 373 g/mol. The van der Waals surface area contributed by atoms with Crippen LogP contribution in [0.3, 0.4) is 0 Å². The maximum absolute atomic E-state index is 13.1. The van der Waals surface area contributed by atoms with E-state index >= 15 is 0 Å². The number of anilines is 1. The molecule has 0 bridgehead atoms. The Morgan fingerprint density at radius 2 is 1.93 bits per heavy atom. The van der Waals surface area contributed by atoms with Crippen LogP contribution in [0.25, 0.3) is 17.2 Å². The molecule has 3 aromatic rings. The van der Waals surface area contributed by atoms with E-state index in [4.69, 9.17) is 0 Å². The molecule has 0 aromatic carbocycles. The molecule has 3 aromatic heterocycles. The zero-order valence-electron chi connectivity index (χ0n) is 15.0. The Bertz CT molecular complexity index is 1030. The van der Waals surface area contributed by atoms with Gasteiger partial charge in [-0.05, 0) is 24.6 Å². The van der Waals surface area contributed by atoms with Crippen molar-refractivity contribution in [2.45, 2.75) is 12.6 Å². The van der Waals surface area contributed by atoms with Crippen LogP contribution in [0.4, 0.5) is 19.0 Å². The summed E-state index contributed by atoms with van der Waals surface area (Å²) in [7, 11) is 1.76. The minimum Gasteiger partial charge on any atom is -0.347 e. The SMILES string of the molecule is CN1CCCN(c2ccnc(-c3cnc4ccc(C(F)(F)F)cn34)n2)CC1=O. The molecule has 0 radical (unpaired) electrons. The standard InChI is InChI=1S/C18H17F3N6O/c1-25-7-2-8-26(11-16(25)28)15-5-6-22-17(24-15)13-9-23-14-4-3-12(10-27(13)14)18(19,20)21/h3-6,9-10H,2,7-8,11H2,1H3. The lowest BCUT2D eigenvalue weighted by Gasteiger charge is -2.20. The molecule has 0 saturated carbocycles. The number of rotatable bonds is 2. The number of aromatic nitrogens is 4. The van der Waals surface area contributed by atoms with Gasteiger partial charge in [-0.15, -0.1) is 0 Å². The van der Waals surface area contributed by atoms with E-state index in [1.165, 1.54) is 22.9 Å². The molecule has 1 amide bonds. The maximum Gasteiger partial charge on any atom is 0.417 e. The third kappa shape index (κ3) is 3.37. The first-order chi connectivity index (χ1) is 13.3. The fourth-order valence-corrected chi connectivity index (χ4v) is 3.14. The number of hydrogen-bond acceptors (Lipinski definition) is 5. The number of imidazole rings is 1. The number of nitrogens with zero attached hydrogens (tertiary/aromatic N) is 6. The van der Waals surface area contributed by atoms with E-state index in [0.29, 0.717) is 30.2 Å². The molecule has 0 unspecified atom stereocenters. The number of hydrogen-bond donors (Lipinski definition) is 0. The van der Waals surface area contributed by atoms with Crippen LogP contribution in [0.1, 0.15) is 12.0 Å². The highest BCUT2D eigenvalue weighted by molar-refractivity contribution is 5.81. The Balaban J connectivity index is 1.72. The first-order valence-electron chi connectivity index (χ1n) is 8.69. The largest absolute Gasteiger partial charge is 0.417 e. The van der Waals surface area contributed by atoms with E-state index in [0.717, 1.165) is 18.7 Å². The van der Waals surface area contributed by atoms with Crippen molar-refractivity contribution in [1.82, 2.24) is 24.3 Å². The summed E-state index contributed by atoms with van der Waals surface area (Å²) in [4.78, 5) is 28.5. The molecular formula is C18H17F3N6O. The minimum absolute atomic E-state index is 0.0118. The van der Waals surface area contributed by atoms with Gasteiger partial charge in [0.2, 0.25) is 5.91 Å². The lowest BCUT2D eigenvalue weighted by atomic mass is 10.2. The highest BCUT2D eigenvalue weighted by Crippen LogP contribution is 2.30. The van der Waals surface area contributed by atoms with Gasteiger partial charge in [0.25, 0.3) is 0 Å². The highest BCUT2D eigenvalue weighted by atomic mass is 19.4. The van der Waals surface area contributed by atoms with Crippen LogP contribution in [0.5, 0.6) is 0 Å². The molecule has 10 heteroatoms. The van der Waals surface area contributed by atoms with Crippen LogP contribution >= 0.6 is 0 Å². The second-order valence-corrected chi connectivity index (χ2v) is 6.62. The van der Waals surface area contributed by atoms with Gasteiger partial charge in [0.15, 0.2) is 5.82 Å². The van der Waals surface area contributed by atoms with Crippen LogP contribution in [0, 0.1) is 0 Å². The van der Waals surface area contributed by atoms with E-state index in [-0.39, 0.29) is 18.3 Å². The van der Waals surface area contributed by atoms with Crippen molar-refractivity contribution in [3.8, 4) is 11.5 Å². The first kappa shape index (κ1) is 18.2. The fourth-order valence-electron chi connectivity index (χ4n) is 3.14. The zero-order valence-corrected chi connectivity index (χ0v) is 15.0. The molecule has 1 aliphatic rings. The average Bonchev–Trinajstić information content (AvgIpc) is 3.01. The Hall–Kier alpha value is -3.17. The third-order valence-electron chi connectivity index (χ3n) is 4.70. The Morgan fingerprint density at radius 1 is 1.11 bits per heavy atom. The van der Waals surface area contributed by atoms with Crippen molar-refractivity contribution in [2.75, 3.05) is 31.6 Å². The molecule has 0 atom stereocenters. The second kappa shape index (κ2) is 6.77. The number of carbonyl (C=O) groups is 1. The number of fused-ring (bicyclic) bond motifs is 1. The summed E-state index contributed by atoms with van der Waals surface area (Å²) in [5.41, 5.74) is -0.0682. The molecule has 4 rings (SSSR count). The van der Waals surface area contributed by atoms with Gasteiger partial charge in [-0.1, -0.05) is 0 Å². The molecule has 1 fully saturated rings. The summed E-state index contributed by atoms with van der Waals surface area (Å²) in [5.74, 6) is 0.784. The highest BCUT2D eigenvalue weighted by Gasteiger charge is 2.31. The van der Waals surface area contributed by atoms with E-state index < -0.39 is 11.7 Å². The van der Waals surface area contributed by atoms with E-state index in [1.807, 2.05) is 4.90 Å². The second-order valence-electron chi connectivity index (χ2n) is 6.62. The monoisotopic (exact) mass is 390 g/mol. The van der Waals surface area contributed by atoms with E-state index in [2.05, 4.69) is 15.0 Å². The molecule has 0 aliphatic carbocycles. The number of halogens is 3. The van der Waals surface area contributed by atoms with Crippen molar-refractivity contribution >= 4 is 17.4 Å². The Morgan fingerprint density at radius 3 is 2.71 bits per heavy atom. The van der Waals surface area contributed by atoms with Crippen molar-refractivity contribution in [3.05, 3.63) is 42.4 Å². The van der Waals surface area contributed by atoms with E-state index in [1.54, 1.807) is 18.0 Å². The normalized spacial score (nSPS) is 15.9. The zero-order chi connectivity index (χ0) is 19.9. The quantitative estimate of drug-likeness (QED) is 0.673. The lowest BCUT2D eigenvalue weighted by Crippen LogP contribution is -2.34. The van der Waals surface area contributed by atoms with Gasteiger partial charge in [-0.3, -0.25) is 9.20 Å². The molecule has 0 N–H and O–H groups in total. The molecule has 7 nitrogen and oxygen atoms in total.